The van der Waals surface area contributed by atoms with E-state index < -0.39 is 0 Å². The second kappa shape index (κ2) is 7.48. The van der Waals surface area contributed by atoms with E-state index in [0.717, 1.165) is 0 Å². The Morgan fingerprint density at radius 2 is 1.45 bits per heavy atom. The molecule has 0 atom stereocenters. The average Bonchev–Trinajstić information content (AvgIpc) is 2.70. The van der Waals surface area contributed by atoms with Crippen molar-refractivity contribution in [2.24, 2.45) is 7.05 Å². The lowest BCUT2D eigenvalue weighted by Gasteiger charge is -2.12. The van der Waals surface area contributed by atoms with E-state index in [0.29, 0.717) is 5.92 Å². The van der Waals surface area contributed by atoms with Crippen molar-refractivity contribution in [1.82, 2.24) is 0 Å². The largest absolute Gasteiger partial charge is 0.220 e. The zero-order valence-corrected chi connectivity index (χ0v) is 18.4. The van der Waals surface area contributed by atoms with Gasteiger partial charge in [0.1, 0.15) is 7.05 Å². The van der Waals surface area contributed by atoms with Crippen LogP contribution in [0.5, 0.6) is 0 Å². The van der Waals surface area contributed by atoms with Gasteiger partial charge in [0.25, 0.3) is 0 Å². The summed E-state index contributed by atoms with van der Waals surface area (Å²) in [7, 11) is 2.14. The molecule has 1 aromatic heterocycles. The molecule has 0 aliphatic heterocycles. The Labute approximate surface area is 174 Å². The van der Waals surface area contributed by atoms with E-state index in [1.807, 2.05) is 0 Å². The summed E-state index contributed by atoms with van der Waals surface area (Å²) in [6.45, 7) is 11.1. The van der Waals surface area contributed by atoms with Gasteiger partial charge in [-0.3, -0.25) is 0 Å². The highest BCUT2D eigenvalue weighted by Crippen LogP contribution is 2.33. The Bertz CT molecular complexity index is 1200. The first-order valence-corrected chi connectivity index (χ1v) is 10.5. The fraction of sp³-hybridized carbons (Fsp3) is 0.250. The van der Waals surface area contributed by atoms with Crippen LogP contribution in [0.4, 0.5) is 0 Å². The Hall–Kier alpha value is -2.93. The maximum atomic E-state index is 2.32. The van der Waals surface area contributed by atoms with Crippen molar-refractivity contribution in [2.45, 2.75) is 40.5 Å². The fourth-order valence-corrected chi connectivity index (χ4v) is 4.23. The highest BCUT2D eigenvalue weighted by Gasteiger charge is 2.18. The fourth-order valence-electron chi connectivity index (χ4n) is 4.23. The van der Waals surface area contributed by atoms with Gasteiger partial charge in [-0.2, -0.15) is 0 Å². The number of aryl methyl sites for hydroxylation is 3. The van der Waals surface area contributed by atoms with E-state index in [2.05, 4.69) is 113 Å². The molecule has 1 heteroatoms. The second-order valence-electron chi connectivity index (χ2n) is 8.61. The van der Waals surface area contributed by atoms with Crippen LogP contribution in [-0.2, 0) is 7.05 Å². The summed E-state index contributed by atoms with van der Waals surface area (Å²) in [6, 6.07) is 22.7. The summed E-state index contributed by atoms with van der Waals surface area (Å²) in [5.74, 6) is 0.559. The molecule has 0 N–H and O–H groups in total. The Kier molecular flexibility index (Phi) is 5.00. The van der Waals surface area contributed by atoms with E-state index in [4.69, 9.17) is 0 Å². The maximum absolute atomic E-state index is 2.32. The number of aromatic nitrogens is 1. The van der Waals surface area contributed by atoms with E-state index >= 15 is 0 Å². The molecule has 0 unspecified atom stereocenters. The highest BCUT2D eigenvalue weighted by atomic mass is 14.9. The van der Waals surface area contributed by atoms with Gasteiger partial charge in [0.05, 0.1) is 10.9 Å². The predicted octanol–water partition coefficient (Wildman–Crippen LogP) is 7.05. The number of pyridine rings is 1. The lowest BCUT2D eigenvalue weighted by atomic mass is 9.93. The molecular weight excluding hydrogens is 350 g/mol. The molecule has 0 aliphatic rings. The first-order chi connectivity index (χ1) is 13.8. The van der Waals surface area contributed by atoms with Gasteiger partial charge in [0.15, 0.2) is 6.20 Å². The monoisotopic (exact) mass is 380 g/mol. The second-order valence-corrected chi connectivity index (χ2v) is 8.61. The summed E-state index contributed by atoms with van der Waals surface area (Å²) in [5, 5.41) is 2.58. The zero-order chi connectivity index (χ0) is 20.7. The third-order valence-corrected chi connectivity index (χ3v) is 6.11. The van der Waals surface area contributed by atoms with E-state index in [1.54, 1.807) is 0 Å². The number of nitrogens with zero attached hydrogens (tertiary/aromatic N) is 1. The minimum Gasteiger partial charge on any atom is -0.200 e. The number of hydrogen-bond acceptors (Lipinski definition) is 0. The van der Waals surface area contributed by atoms with Crippen LogP contribution in [0.2, 0.25) is 0 Å². The smallest absolute Gasteiger partial charge is 0.200 e. The van der Waals surface area contributed by atoms with Gasteiger partial charge in [-0.25, -0.2) is 4.57 Å². The van der Waals surface area contributed by atoms with E-state index in [-0.39, 0.29) is 0 Å². The molecule has 4 rings (SSSR count). The standard InChI is InChI=1S/C28H30N/c1-18(2)22-7-9-23(10-8-22)24-11-12-26-25(17-24)13-14-29(6)28(26)27-16-19(3)15-20(4)21(27)5/h7-18H,1-6H3/q+1. The van der Waals surface area contributed by atoms with Crippen LogP contribution in [0.1, 0.15) is 42.0 Å². The van der Waals surface area contributed by atoms with Gasteiger partial charge >= 0.3 is 0 Å². The van der Waals surface area contributed by atoms with E-state index in [1.165, 1.54) is 55.4 Å². The van der Waals surface area contributed by atoms with E-state index in [9.17, 15) is 0 Å². The topological polar surface area (TPSA) is 3.88 Å². The molecule has 0 bridgehead atoms. The van der Waals surface area contributed by atoms with Gasteiger partial charge in [-0.05, 0) is 78.1 Å². The van der Waals surface area contributed by atoms with Crippen LogP contribution in [0, 0.1) is 20.8 Å². The highest BCUT2D eigenvalue weighted by molar-refractivity contribution is 5.96. The third-order valence-electron chi connectivity index (χ3n) is 6.11. The van der Waals surface area contributed by atoms with Crippen LogP contribution in [0.25, 0.3) is 33.2 Å². The third kappa shape index (κ3) is 3.58. The Morgan fingerprint density at radius 1 is 0.759 bits per heavy atom. The summed E-state index contributed by atoms with van der Waals surface area (Å²) in [5.41, 5.74) is 10.5. The SMILES string of the molecule is Cc1cc(C)c(C)c(-c2c3ccc(-c4ccc(C(C)C)cc4)cc3cc[n+]2C)c1. The molecular formula is C28H30N+. The van der Waals surface area contributed by atoms with Gasteiger partial charge in [0, 0.05) is 6.07 Å². The van der Waals surface area contributed by atoms with Crippen LogP contribution >= 0.6 is 0 Å². The number of rotatable bonds is 3. The molecule has 3 aromatic carbocycles. The van der Waals surface area contributed by atoms with Crippen molar-refractivity contribution in [3.8, 4) is 22.4 Å². The molecule has 0 fully saturated rings. The molecule has 0 radical (unpaired) electrons. The minimum atomic E-state index is 0.559. The first kappa shape index (κ1) is 19.4. The first-order valence-electron chi connectivity index (χ1n) is 10.5. The summed E-state index contributed by atoms with van der Waals surface area (Å²) in [4.78, 5) is 0. The number of hydrogen-bond donors (Lipinski definition) is 0. The minimum absolute atomic E-state index is 0.559. The molecule has 146 valence electrons. The van der Waals surface area contributed by atoms with Gasteiger partial charge in [0.2, 0.25) is 5.69 Å². The molecule has 0 amide bonds. The normalized spacial score (nSPS) is 11.4. The molecule has 0 saturated heterocycles. The molecule has 1 heterocycles. The molecule has 0 aliphatic carbocycles. The average molecular weight is 381 g/mol. The maximum Gasteiger partial charge on any atom is 0.220 e. The van der Waals surface area contributed by atoms with Crippen LogP contribution in [0.3, 0.4) is 0 Å². The van der Waals surface area contributed by atoms with Crippen molar-refractivity contribution in [3.05, 3.63) is 89.1 Å². The molecule has 0 saturated carbocycles. The Balaban J connectivity index is 1.88. The van der Waals surface area contributed by atoms with Crippen LogP contribution in [0.15, 0.2) is 66.9 Å². The number of fused-ring (bicyclic) bond motifs is 1. The quantitative estimate of drug-likeness (QED) is 0.335. The van der Waals surface area contributed by atoms with Crippen LogP contribution in [-0.4, -0.2) is 0 Å². The van der Waals surface area contributed by atoms with Crippen molar-refractivity contribution in [1.29, 1.82) is 0 Å². The molecule has 0 spiro atoms. The molecule has 1 nitrogen and oxygen atoms in total. The van der Waals surface area contributed by atoms with Gasteiger partial charge in [-0.1, -0.05) is 55.8 Å². The van der Waals surface area contributed by atoms with Crippen molar-refractivity contribution < 1.29 is 4.57 Å². The lowest BCUT2D eigenvalue weighted by molar-refractivity contribution is -0.659. The van der Waals surface area contributed by atoms with Crippen molar-refractivity contribution in [2.75, 3.05) is 0 Å². The summed E-state index contributed by atoms with van der Waals surface area (Å²) < 4.78 is 2.25. The lowest BCUT2D eigenvalue weighted by Crippen LogP contribution is -2.30. The van der Waals surface area contributed by atoms with Crippen molar-refractivity contribution >= 4 is 10.8 Å². The zero-order valence-electron chi connectivity index (χ0n) is 18.4. The molecule has 29 heavy (non-hydrogen) atoms. The Morgan fingerprint density at radius 3 is 2.14 bits per heavy atom. The summed E-state index contributed by atoms with van der Waals surface area (Å²) in [6.07, 6.45) is 2.18. The number of benzene rings is 3. The van der Waals surface area contributed by atoms with Gasteiger partial charge < -0.3 is 0 Å². The molecule has 4 aromatic rings. The van der Waals surface area contributed by atoms with Gasteiger partial charge in [-0.15, -0.1) is 0 Å². The van der Waals surface area contributed by atoms with Crippen LogP contribution < -0.4 is 4.57 Å². The predicted molar refractivity (Wildman–Crippen MR) is 124 cm³/mol. The van der Waals surface area contributed by atoms with Crippen molar-refractivity contribution in [3.63, 3.8) is 0 Å². The summed E-state index contributed by atoms with van der Waals surface area (Å²) >= 11 is 0.